The molecule has 23 heavy (non-hydrogen) atoms. The molecular formula is C21H42O2. The molecule has 0 aromatic carbocycles. The highest BCUT2D eigenvalue weighted by Gasteiger charge is 2.15. The van der Waals surface area contributed by atoms with Gasteiger partial charge < -0.3 is 4.74 Å². The van der Waals surface area contributed by atoms with Crippen molar-refractivity contribution in [2.45, 2.75) is 117 Å². The lowest BCUT2D eigenvalue weighted by molar-refractivity contribution is -0.123. The van der Waals surface area contributed by atoms with Crippen LogP contribution in [0.5, 0.6) is 0 Å². The van der Waals surface area contributed by atoms with E-state index in [-0.39, 0.29) is 5.92 Å². The Morgan fingerprint density at radius 1 is 0.826 bits per heavy atom. The minimum absolute atomic E-state index is 0.213. The van der Waals surface area contributed by atoms with Gasteiger partial charge >= 0.3 is 0 Å². The number of ketones is 1. The lowest BCUT2D eigenvalue weighted by Gasteiger charge is -2.18. The summed E-state index contributed by atoms with van der Waals surface area (Å²) in [7, 11) is 0. The molecule has 0 rings (SSSR count). The Kier molecular flexibility index (Phi) is 16.2. The molecule has 2 atom stereocenters. The Balaban J connectivity index is 4.02. The third kappa shape index (κ3) is 13.7. The summed E-state index contributed by atoms with van der Waals surface area (Å²) in [5.74, 6) is 0.628. The molecule has 0 heterocycles. The summed E-state index contributed by atoms with van der Waals surface area (Å²) in [6.45, 7) is 9.51. The Labute approximate surface area is 145 Å². The summed E-state index contributed by atoms with van der Waals surface area (Å²) in [5, 5.41) is 0. The monoisotopic (exact) mass is 326 g/mol. The highest BCUT2D eigenvalue weighted by Crippen LogP contribution is 2.17. The van der Waals surface area contributed by atoms with Gasteiger partial charge in [-0.1, -0.05) is 79.1 Å². The van der Waals surface area contributed by atoms with Crippen LogP contribution in [0, 0.1) is 5.92 Å². The van der Waals surface area contributed by atoms with E-state index in [4.69, 9.17) is 4.74 Å². The fourth-order valence-corrected chi connectivity index (χ4v) is 2.84. The van der Waals surface area contributed by atoms with E-state index >= 15 is 0 Å². The normalized spacial score (nSPS) is 13.9. The van der Waals surface area contributed by atoms with E-state index in [1.165, 1.54) is 57.8 Å². The summed E-state index contributed by atoms with van der Waals surface area (Å²) in [4.78, 5) is 12.1. The number of hydrogen-bond donors (Lipinski definition) is 0. The van der Waals surface area contributed by atoms with Crippen molar-refractivity contribution >= 4 is 5.78 Å². The van der Waals surface area contributed by atoms with E-state index in [0.29, 0.717) is 18.3 Å². The van der Waals surface area contributed by atoms with Gasteiger partial charge in [0.15, 0.2) is 0 Å². The highest BCUT2D eigenvalue weighted by molar-refractivity contribution is 5.80. The Bertz CT molecular complexity index is 249. The maximum atomic E-state index is 12.1. The maximum absolute atomic E-state index is 12.1. The molecule has 2 unspecified atom stereocenters. The van der Waals surface area contributed by atoms with Gasteiger partial charge in [-0.05, 0) is 25.7 Å². The number of rotatable bonds is 17. The largest absolute Gasteiger partial charge is 0.378 e. The first-order chi connectivity index (χ1) is 11.2. The molecule has 0 aromatic heterocycles. The van der Waals surface area contributed by atoms with Crippen molar-refractivity contribution in [2.75, 3.05) is 6.61 Å². The zero-order chi connectivity index (χ0) is 17.3. The molecule has 0 amide bonds. The fourth-order valence-electron chi connectivity index (χ4n) is 2.84. The Morgan fingerprint density at radius 2 is 1.43 bits per heavy atom. The second-order valence-electron chi connectivity index (χ2n) is 7.07. The molecule has 0 aromatic rings. The molecule has 0 bridgehead atoms. The van der Waals surface area contributed by atoms with Crippen LogP contribution in [-0.4, -0.2) is 18.5 Å². The van der Waals surface area contributed by atoms with E-state index in [1.807, 2.05) is 6.92 Å². The summed E-state index contributed by atoms with van der Waals surface area (Å²) >= 11 is 0. The van der Waals surface area contributed by atoms with Crippen LogP contribution < -0.4 is 0 Å². The van der Waals surface area contributed by atoms with E-state index in [2.05, 4.69) is 20.8 Å². The summed E-state index contributed by atoms with van der Waals surface area (Å²) in [6.07, 6.45) is 15.5. The number of hydrogen-bond acceptors (Lipinski definition) is 2. The lowest BCUT2D eigenvalue weighted by Crippen LogP contribution is -2.18. The van der Waals surface area contributed by atoms with E-state index in [9.17, 15) is 4.79 Å². The summed E-state index contributed by atoms with van der Waals surface area (Å²) in [6, 6.07) is 0. The van der Waals surface area contributed by atoms with Gasteiger partial charge in [0.25, 0.3) is 0 Å². The van der Waals surface area contributed by atoms with Crippen molar-refractivity contribution in [1.82, 2.24) is 0 Å². The first-order valence-corrected chi connectivity index (χ1v) is 10.3. The molecule has 0 saturated carbocycles. The van der Waals surface area contributed by atoms with Crippen molar-refractivity contribution in [3.05, 3.63) is 0 Å². The second kappa shape index (κ2) is 16.5. The van der Waals surface area contributed by atoms with Gasteiger partial charge in [0.05, 0.1) is 6.10 Å². The highest BCUT2D eigenvalue weighted by atomic mass is 16.5. The van der Waals surface area contributed by atoms with Gasteiger partial charge in [0.2, 0.25) is 0 Å². The van der Waals surface area contributed by atoms with E-state index in [0.717, 1.165) is 25.9 Å². The summed E-state index contributed by atoms with van der Waals surface area (Å²) in [5.41, 5.74) is 0. The van der Waals surface area contributed by atoms with Crippen LogP contribution in [-0.2, 0) is 9.53 Å². The number of Topliss-reactive ketones (excluding diaryl/α,β-unsaturated/α-hetero) is 1. The average Bonchev–Trinajstić information content (AvgIpc) is 2.57. The molecule has 0 aliphatic heterocycles. The van der Waals surface area contributed by atoms with Crippen LogP contribution >= 0.6 is 0 Å². The first kappa shape index (κ1) is 22.6. The predicted octanol–water partition coefficient (Wildman–Crippen LogP) is 6.71. The number of ether oxygens (including phenoxy) is 1. The first-order valence-electron chi connectivity index (χ1n) is 10.3. The molecular weight excluding hydrogens is 284 g/mol. The molecule has 0 radical (unpaired) electrons. The van der Waals surface area contributed by atoms with Crippen LogP contribution in [0.1, 0.15) is 111 Å². The van der Waals surface area contributed by atoms with E-state index in [1.54, 1.807) is 0 Å². The van der Waals surface area contributed by atoms with Gasteiger partial charge in [-0.15, -0.1) is 0 Å². The van der Waals surface area contributed by atoms with Crippen LogP contribution in [0.4, 0.5) is 0 Å². The predicted molar refractivity (Wildman–Crippen MR) is 101 cm³/mol. The number of carbonyl (C=O) groups excluding carboxylic acids is 1. The van der Waals surface area contributed by atoms with Crippen molar-refractivity contribution in [2.24, 2.45) is 5.92 Å². The maximum Gasteiger partial charge on any atom is 0.135 e. The van der Waals surface area contributed by atoms with Crippen molar-refractivity contribution in [3.8, 4) is 0 Å². The lowest BCUT2D eigenvalue weighted by atomic mass is 9.97. The van der Waals surface area contributed by atoms with Crippen LogP contribution in [0.15, 0.2) is 0 Å². The molecule has 0 spiro atoms. The van der Waals surface area contributed by atoms with Crippen molar-refractivity contribution in [3.63, 3.8) is 0 Å². The quantitative estimate of drug-likeness (QED) is 0.278. The molecule has 0 saturated heterocycles. The zero-order valence-electron chi connectivity index (χ0n) is 16.4. The third-order valence-corrected chi connectivity index (χ3v) is 4.86. The molecule has 0 N–H and O–H groups in total. The minimum Gasteiger partial charge on any atom is -0.378 e. The second-order valence-corrected chi connectivity index (χ2v) is 7.07. The molecule has 138 valence electrons. The minimum atomic E-state index is 0.213. The SMILES string of the molecule is CCCCCCCC(CCC(=O)C(C)CC)OCCCCCC. The Hall–Kier alpha value is -0.370. The van der Waals surface area contributed by atoms with Crippen LogP contribution in [0.2, 0.25) is 0 Å². The van der Waals surface area contributed by atoms with E-state index < -0.39 is 0 Å². The average molecular weight is 327 g/mol. The van der Waals surface area contributed by atoms with Gasteiger partial charge in [-0.2, -0.15) is 0 Å². The number of carbonyl (C=O) groups is 1. The standard InChI is InChI=1S/C21H42O2/c1-5-8-10-12-13-15-20(23-18-14-11-9-6-2)16-17-21(22)19(4)7-3/h19-20H,5-18H2,1-4H3. The van der Waals surface area contributed by atoms with Gasteiger partial charge in [0, 0.05) is 18.9 Å². The molecule has 0 fully saturated rings. The fraction of sp³-hybridized carbons (Fsp3) is 0.952. The van der Waals surface area contributed by atoms with Gasteiger partial charge in [-0.3, -0.25) is 4.79 Å². The van der Waals surface area contributed by atoms with Crippen LogP contribution in [0.25, 0.3) is 0 Å². The molecule has 0 aliphatic carbocycles. The van der Waals surface area contributed by atoms with Crippen LogP contribution in [0.3, 0.4) is 0 Å². The Morgan fingerprint density at radius 3 is 2.04 bits per heavy atom. The van der Waals surface area contributed by atoms with Gasteiger partial charge in [-0.25, -0.2) is 0 Å². The summed E-state index contributed by atoms with van der Waals surface area (Å²) < 4.78 is 6.11. The smallest absolute Gasteiger partial charge is 0.135 e. The van der Waals surface area contributed by atoms with Crippen molar-refractivity contribution in [1.29, 1.82) is 0 Å². The number of unbranched alkanes of at least 4 members (excludes halogenated alkanes) is 7. The molecule has 2 heteroatoms. The third-order valence-electron chi connectivity index (χ3n) is 4.86. The van der Waals surface area contributed by atoms with Crippen molar-refractivity contribution < 1.29 is 9.53 Å². The van der Waals surface area contributed by atoms with Gasteiger partial charge in [0.1, 0.15) is 5.78 Å². The molecule has 2 nitrogen and oxygen atoms in total. The molecule has 0 aliphatic rings. The topological polar surface area (TPSA) is 26.3 Å². The zero-order valence-corrected chi connectivity index (χ0v) is 16.4.